The Morgan fingerprint density at radius 1 is 1.00 bits per heavy atom. The zero-order valence-electron chi connectivity index (χ0n) is 12.1. The molecule has 0 aliphatic carbocycles. The minimum Gasteiger partial charge on any atom is -0.323 e. The van der Waals surface area contributed by atoms with Crippen LogP contribution in [0.15, 0.2) is 24.3 Å². The molecule has 2 rings (SSSR count). The van der Waals surface area contributed by atoms with Crippen molar-refractivity contribution in [3.8, 4) is 0 Å². The van der Waals surface area contributed by atoms with Crippen molar-refractivity contribution in [2.24, 2.45) is 11.8 Å². The van der Waals surface area contributed by atoms with Gasteiger partial charge in [0.15, 0.2) is 0 Å². The fourth-order valence-electron chi connectivity index (χ4n) is 2.47. The molecule has 1 saturated heterocycles. The van der Waals surface area contributed by atoms with Crippen LogP contribution in [0, 0.1) is 11.8 Å². The summed E-state index contributed by atoms with van der Waals surface area (Å²) < 4.78 is 77.2. The number of amides is 2. The first-order valence-corrected chi connectivity index (χ1v) is 7.29. The van der Waals surface area contributed by atoms with Crippen LogP contribution in [0.2, 0.25) is 5.02 Å². The topological polar surface area (TPSA) is 32.3 Å². The average Bonchev–Trinajstić information content (AvgIpc) is 2.47. The van der Waals surface area contributed by atoms with Crippen LogP contribution >= 0.6 is 11.6 Å². The van der Waals surface area contributed by atoms with Crippen LogP contribution in [0.1, 0.15) is 6.42 Å². The van der Waals surface area contributed by atoms with Crippen molar-refractivity contribution in [2.75, 3.05) is 18.4 Å². The maximum Gasteiger partial charge on any atom is 0.393 e. The summed E-state index contributed by atoms with van der Waals surface area (Å²) >= 11 is 5.66. The molecule has 0 radical (unpaired) electrons. The van der Waals surface area contributed by atoms with Gasteiger partial charge in [-0.3, -0.25) is 0 Å². The van der Waals surface area contributed by atoms with E-state index in [1.165, 1.54) is 24.3 Å². The van der Waals surface area contributed by atoms with Gasteiger partial charge in [0.25, 0.3) is 0 Å². The molecule has 2 atom stereocenters. The monoisotopic (exact) mass is 374 g/mol. The lowest BCUT2D eigenvalue weighted by atomic mass is 9.88. The molecular formula is C14H13ClF6N2O. The Bertz CT molecular complexity index is 564. The normalized spacial score (nSPS) is 22.4. The van der Waals surface area contributed by atoms with E-state index >= 15 is 0 Å². The van der Waals surface area contributed by atoms with Gasteiger partial charge in [0.2, 0.25) is 0 Å². The lowest BCUT2D eigenvalue weighted by Crippen LogP contribution is -2.52. The van der Waals surface area contributed by atoms with E-state index in [0.717, 1.165) is 0 Å². The van der Waals surface area contributed by atoms with Gasteiger partial charge in [-0.05, 0) is 30.7 Å². The lowest BCUT2D eigenvalue weighted by molar-refractivity contribution is -0.226. The molecule has 1 fully saturated rings. The van der Waals surface area contributed by atoms with Crippen molar-refractivity contribution in [1.82, 2.24) is 4.90 Å². The second-order valence-corrected chi connectivity index (χ2v) is 5.99. The van der Waals surface area contributed by atoms with Gasteiger partial charge in [0.1, 0.15) is 0 Å². The molecule has 2 amide bonds. The Kier molecular flexibility index (Phi) is 5.22. The number of anilines is 1. The second-order valence-electron chi connectivity index (χ2n) is 5.55. The molecule has 24 heavy (non-hydrogen) atoms. The maximum absolute atomic E-state index is 12.9. The number of likely N-dealkylation sites (tertiary alicyclic amines) is 1. The van der Waals surface area contributed by atoms with Gasteiger partial charge in [-0.25, -0.2) is 4.79 Å². The molecule has 3 nitrogen and oxygen atoms in total. The molecule has 0 spiro atoms. The molecular weight excluding hydrogens is 362 g/mol. The highest BCUT2D eigenvalue weighted by atomic mass is 35.5. The second kappa shape index (κ2) is 6.70. The number of hydrogen-bond donors (Lipinski definition) is 1. The third-order valence-electron chi connectivity index (χ3n) is 3.76. The number of piperidine rings is 1. The zero-order chi connectivity index (χ0) is 18.1. The predicted octanol–water partition coefficient (Wildman–Crippen LogP) is 4.93. The number of benzene rings is 1. The number of hydrogen-bond acceptors (Lipinski definition) is 1. The number of rotatable bonds is 1. The molecule has 2 unspecified atom stereocenters. The summed E-state index contributed by atoms with van der Waals surface area (Å²) in [5.74, 6) is -4.43. The Morgan fingerprint density at radius 3 is 1.88 bits per heavy atom. The van der Waals surface area contributed by atoms with E-state index in [4.69, 9.17) is 11.6 Å². The first-order valence-electron chi connectivity index (χ1n) is 6.91. The molecule has 0 saturated carbocycles. The largest absolute Gasteiger partial charge is 0.393 e. The minimum absolute atomic E-state index is 0.224. The van der Waals surface area contributed by atoms with Crippen LogP contribution < -0.4 is 5.32 Å². The third kappa shape index (κ3) is 4.68. The zero-order valence-corrected chi connectivity index (χ0v) is 12.8. The van der Waals surface area contributed by atoms with E-state index in [2.05, 4.69) is 5.32 Å². The number of halogens is 7. The van der Waals surface area contributed by atoms with E-state index in [0.29, 0.717) is 9.92 Å². The van der Waals surface area contributed by atoms with Gasteiger partial charge in [-0.1, -0.05) is 11.6 Å². The smallest absolute Gasteiger partial charge is 0.323 e. The van der Waals surface area contributed by atoms with Crippen molar-refractivity contribution in [3.05, 3.63) is 29.3 Å². The van der Waals surface area contributed by atoms with E-state index < -0.39 is 49.7 Å². The summed E-state index contributed by atoms with van der Waals surface area (Å²) in [5, 5.41) is 2.65. The highest BCUT2D eigenvalue weighted by Crippen LogP contribution is 2.41. The molecule has 0 aromatic heterocycles. The molecule has 1 aliphatic heterocycles. The third-order valence-corrected chi connectivity index (χ3v) is 4.01. The van der Waals surface area contributed by atoms with Crippen LogP contribution in [0.4, 0.5) is 36.8 Å². The Morgan fingerprint density at radius 2 is 1.46 bits per heavy atom. The van der Waals surface area contributed by atoms with Gasteiger partial charge < -0.3 is 10.2 Å². The van der Waals surface area contributed by atoms with Crippen molar-refractivity contribution in [3.63, 3.8) is 0 Å². The summed E-state index contributed by atoms with van der Waals surface area (Å²) in [6.07, 6.45) is -10.7. The Labute approximate surface area is 138 Å². The van der Waals surface area contributed by atoms with E-state index in [-0.39, 0.29) is 5.69 Å². The Balaban J connectivity index is 2.14. The van der Waals surface area contributed by atoms with Crippen molar-refractivity contribution in [2.45, 2.75) is 18.8 Å². The van der Waals surface area contributed by atoms with Gasteiger partial charge in [-0.2, -0.15) is 26.3 Å². The first-order chi connectivity index (χ1) is 11.0. The average molecular weight is 375 g/mol. The summed E-state index contributed by atoms with van der Waals surface area (Å²) in [4.78, 5) is 12.6. The maximum atomic E-state index is 12.9. The van der Waals surface area contributed by atoms with Gasteiger partial charge in [0, 0.05) is 23.8 Å². The first kappa shape index (κ1) is 18.7. The number of urea groups is 1. The van der Waals surface area contributed by atoms with Crippen LogP contribution in [-0.2, 0) is 0 Å². The van der Waals surface area contributed by atoms with Gasteiger partial charge in [-0.15, -0.1) is 0 Å². The predicted molar refractivity (Wildman–Crippen MR) is 75.8 cm³/mol. The Hall–Kier alpha value is -1.64. The SMILES string of the molecule is O=C(Nc1ccc(Cl)cc1)N1CC(C(F)(F)F)CC(C(F)(F)F)C1. The van der Waals surface area contributed by atoms with Crippen LogP contribution in [0.25, 0.3) is 0 Å². The van der Waals surface area contributed by atoms with Crippen molar-refractivity contribution >= 4 is 23.3 Å². The standard InChI is InChI=1S/C14H13ClF6N2O/c15-10-1-3-11(4-2-10)22-12(24)23-6-8(13(16,17)18)5-9(7-23)14(19,20)21/h1-4,8-9H,5-7H2,(H,22,24). The number of carbonyl (C=O) groups excluding carboxylic acids is 1. The molecule has 1 aliphatic rings. The van der Waals surface area contributed by atoms with Crippen LogP contribution in [0.5, 0.6) is 0 Å². The van der Waals surface area contributed by atoms with Crippen molar-refractivity contribution in [1.29, 1.82) is 0 Å². The number of alkyl halides is 6. The van der Waals surface area contributed by atoms with E-state index in [1.807, 2.05) is 0 Å². The highest BCUT2D eigenvalue weighted by molar-refractivity contribution is 6.30. The van der Waals surface area contributed by atoms with Crippen LogP contribution in [-0.4, -0.2) is 36.4 Å². The number of nitrogens with zero attached hydrogens (tertiary/aromatic N) is 1. The lowest BCUT2D eigenvalue weighted by Gasteiger charge is -2.39. The molecule has 1 heterocycles. The van der Waals surface area contributed by atoms with Gasteiger partial charge in [0.05, 0.1) is 11.8 Å². The fraction of sp³-hybridized carbons (Fsp3) is 0.500. The van der Waals surface area contributed by atoms with Crippen LogP contribution in [0.3, 0.4) is 0 Å². The molecule has 10 heteroatoms. The van der Waals surface area contributed by atoms with E-state index in [1.54, 1.807) is 0 Å². The van der Waals surface area contributed by atoms with Crippen molar-refractivity contribution < 1.29 is 31.1 Å². The summed E-state index contributed by atoms with van der Waals surface area (Å²) in [6.45, 7) is -1.62. The minimum atomic E-state index is -4.80. The molecule has 134 valence electrons. The fourth-order valence-corrected chi connectivity index (χ4v) is 2.60. The summed E-state index contributed by atoms with van der Waals surface area (Å²) in [6, 6.07) is 4.65. The molecule has 1 aromatic rings. The summed E-state index contributed by atoms with van der Waals surface area (Å²) in [7, 11) is 0. The summed E-state index contributed by atoms with van der Waals surface area (Å²) in [5.41, 5.74) is 0.224. The molecule has 0 bridgehead atoms. The number of carbonyl (C=O) groups is 1. The van der Waals surface area contributed by atoms with E-state index in [9.17, 15) is 31.1 Å². The van der Waals surface area contributed by atoms with Gasteiger partial charge >= 0.3 is 18.4 Å². The molecule has 1 N–H and O–H groups in total. The highest BCUT2D eigenvalue weighted by Gasteiger charge is 2.52. The quantitative estimate of drug-likeness (QED) is 0.694. The molecule has 1 aromatic carbocycles. The number of nitrogens with one attached hydrogen (secondary N) is 1.